The van der Waals surface area contributed by atoms with Crippen molar-refractivity contribution in [2.24, 2.45) is 0 Å². The number of aromatic amines is 2. The van der Waals surface area contributed by atoms with Crippen LogP contribution in [0.15, 0.2) is 79.8 Å². The van der Waals surface area contributed by atoms with Gasteiger partial charge in [0.05, 0.1) is 22.9 Å². The van der Waals surface area contributed by atoms with Gasteiger partial charge in [-0.25, -0.2) is 14.4 Å². The average Bonchev–Trinajstić information content (AvgIpc) is 3.61. The Morgan fingerprint density at radius 1 is 0.975 bits per heavy atom. The maximum atomic E-state index is 15.4. The molecule has 0 saturated carbocycles. The minimum absolute atomic E-state index is 0.371. The van der Waals surface area contributed by atoms with Crippen molar-refractivity contribution < 1.29 is 4.39 Å². The first-order valence-electron chi connectivity index (χ1n) is 13.4. The molecule has 1 aliphatic rings. The summed E-state index contributed by atoms with van der Waals surface area (Å²) < 4.78 is 15.4. The van der Waals surface area contributed by atoms with Crippen molar-refractivity contribution >= 4 is 39.1 Å². The summed E-state index contributed by atoms with van der Waals surface area (Å²) in [6.07, 6.45) is 8.70. The van der Waals surface area contributed by atoms with Crippen LogP contribution < -0.4 is 10.2 Å². The summed E-state index contributed by atoms with van der Waals surface area (Å²) in [6.45, 7) is 6.08. The smallest absolute Gasteiger partial charge is 0.159 e. The third kappa shape index (κ3) is 4.35. The Hall–Kier alpha value is -5.05. The molecule has 8 nitrogen and oxygen atoms in total. The summed E-state index contributed by atoms with van der Waals surface area (Å²) in [7, 11) is 0. The van der Waals surface area contributed by atoms with Crippen molar-refractivity contribution in [3.63, 3.8) is 0 Å². The number of anilines is 2. The highest BCUT2D eigenvalue weighted by Gasteiger charge is 2.20. The topological polar surface area (TPSA) is 98.4 Å². The third-order valence-electron chi connectivity index (χ3n) is 7.38. The Bertz CT molecular complexity index is 1850. The van der Waals surface area contributed by atoms with E-state index in [1.807, 2.05) is 48.7 Å². The lowest BCUT2D eigenvalue weighted by Crippen LogP contribution is -2.30. The van der Waals surface area contributed by atoms with Gasteiger partial charge < -0.3 is 15.2 Å². The largest absolute Gasteiger partial charge is 0.355 e. The Morgan fingerprint density at radius 3 is 2.67 bits per heavy atom. The maximum absolute atomic E-state index is 15.4. The van der Waals surface area contributed by atoms with Gasteiger partial charge in [-0.3, -0.25) is 10.1 Å². The Kier molecular flexibility index (Phi) is 5.96. The van der Waals surface area contributed by atoms with E-state index in [4.69, 9.17) is 4.98 Å². The number of hydrogen-bond donors (Lipinski definition) is 3. The van der Waals surface area contributed by atoms with Gasteiger partial charge in [0.1, 0.15) is 17.0 Å². The van der Waals surface area contributed by atoms with Crippen LogP contribution in [0.1, 0.15) is 24.8 Å². The quantitative estimate of drug-likeness (QED) is 0.220. The molecule has 6 aromatic rings. The van der Waals surface area contributed by atoms with Crippen LogP contribution in [-0.2, 0) is 0 Å². The van der Waals surface area contributed by atoms with Gasteiger partial charge in [-0.05, 0) is 43.0 Å². The van der Waals surface area contributed by atoms with Crippen molar-refractivity contribution in [2.75, 3.05) is 23.3 Å². The standard InChI is InChI=1S/C31H27FN8/c1-19(20-8-4-2-5-9-20)35-22-14-21(17-33-18-22)23-15-24-27(16-25(23)32)38-39-28(24)30-36-26-10-11-34-31(29(26)37-30)40-12-6-3-7-13-40/h2,4-5,8-11,14-18,35H,1,3,6-7,12-13H2,(H,36,37)(H,38,39). The van der Waals surface area contributed by atoms with Gasteiger partial charge in [0.25, 0.3) is 0 Å². The number of benzene rings is 2. The first-order chi connectivity index (χ1) is 19.6. The van der Waals surface area contributed by atoms with Gasteiger partial charge in [-0.2, -0.15) is 5.10 Å². The van der Waals surface area contributed by atoms with E-state index < -0.39 is 0 Å². The molecule has 2 aromatic carbocycles. The molecule has 0 aliphatic carbocycles. The molecular formula is C31H27FN8. The van der Waals surface area contributed by atoms with Crippen LogP contribution in [0.2, 0.25) is 0 Å². The first kappa shape index (κ1) is 24.0. The molecule has 7 rings (SSSR count). The fourth-order valence-corrected chi connectivity index (χ4v) is 5.35. The zero-order valence-electron chi connectivity index (χ0n) is 21.8. The van der Waals surface area contributed by atoms with E-state index in [9.17, 15) is 0 Å². The molecule has 0 atom stereocenters. The molecule has 0 radical (unpaired) electrons. The highest BCUT2D eigenvalue weighted by atomic mass is 19.1. The number of hydrogen-bond acceptors (Lipinski definition) is 6. The molecule has 1 aliphatic heterocycles. The van der Waals surface area contributed by atoms with Crippen LogP contribution >= 0.6 is 0 Å². The molecule has 5 heterocycles. The summed E-state index contributed by atoms with van der Waals surface area (Å²) in [5.74, 6) is 1.13. The second kappa shape index (κ2) is 9.92. The summed E-state index contributed by atoms with van der Waals surface area (Å²) >= 11 is 0. The number of halogens is 1. The summed E-state index contributed by atoms with van der Waals surface area (Å²) in [6, 6.07) is 16.9. The van der Waals surface area contributed by atoms with E-state index in [2.05, 4.69) is 41.9 Å². The van der Waals surface area contributed by atoms with E-state index >= 15 is 4.39 Å². The van der Waals surface area contributed by atoms with Gasteiger partial charge in [0, 0.05) is 53.8 Å². The van der Waals surface area contributed by atoms with Crippen molar-refractivity contribution in [1.29, 1.82) is 0 Å². The van der Waals surface area contributed by atoms with Gasteiger partial charge in [0.15, 0.2) is 11.6 Å². The molecule has 3 N–H and O–H groups in total. The summed E-state index contributed by atoms with van der Waals surface area (Å²) in [5.41, 5.74) is 6.40. The van der Waals surface area contributed by atoms with E-state index in [1.54, 1.807) is 18.5 Å². The van der Waals surface area contributed by atoms with Gasteiger partial charge in [-0.1, -0.05) is 36.9 Å². The molecule has 0 spiro atoms. The normalized spacial score (nSPS) is 13.7. The van der Waals surface area contributed by atoms with Crippen LogP contribution in [0.25, 0.3) is 50.3 Å². The van der Waals surface area contributed by atoms with E-state index in [1.165, 1.54) is 12.5 Å². The number of nitrogens with one attached hydrogen (secondary N) is 3. The number of piperidine rings is 1. The molecule has 0 bridgehead atoms. The summed E-state index contributed by atoms with van der Waals surface area (Å²) in [5, 5.41) is 11.5. The highest BCUT2D eigenvalue weighted by molar-refractivity contribution is 5.97. The number of imidazole rings is 1. The second-order valence-electron chi connectivity index (χ2n) is 10.0. The predicted octanol–water partition coefficient (Wildman–Crippen LogP) is 6.78. The zero-order valence-corrected chi connectivity index (χ0v) is 21.8. The van der Waals surface area contributed by atoms with Crippen molar-refractivity contribution in [2.45, 2.75) is 19.3 Å². The van der Waals surface area contributed by atoms with E-state index in [0.29, 0.717) is 33.8 Å². The monoisotopic (exact) mass is 530 g/mol. The Balaban J connectivity index is 1.25. The number of aromatic nitrogens is 6. The fourth-order valence-electron chi connectivity index (χ4n) is 5.35. The SMILES string of the molecule is C=C(Nc1cncc(-c2cc3c(-c4nc5c(N6CCCCC6)nccc5[nH]4)n[nH]c3cc2F)c1)c1ccccc1. The molecule has 4 aromatic heterocycles. The molecule has 40 heavy (non-hydrogen) atoms. The maximum Gasteiger partial charge on any atom is 0.159 e. The van der Waals surface area contributed by atoms with Crippen molar-refractivity contribution in [3.8, 4) is 22.6 Å². The number of rotatable bonds is 6. The van der Waals surface area contributed by atoms with E-state index in [-0.39, 0.29) is 5.82 Å². The van der Waals surface area contributed by atoms with Crippen LogP contribution in [-0.4, -0.2) is 43.2 Å². The minimum atomic E-state index is -0.371. The van der Waals surface area contributed by atoms with Crippen LogP contribution in [0.3, 0.4) is 0 Å². The highest BCUT2D eigenvalue weighted by Crippen LogP contribution is 2.34. The average molecular weight is 531 g/mol. The number of H-pyrrole nitrogens is 2. The van der Waals surface area contributed by atoms with Gasteiger partial charge in [0.2, 0.25) is 0 Å². The number of nitrogens with zero attached hydrogens (tertiary/aromatic N) is 5. The lowest BCUT2D eigenvalue weighted by atomic mass is 10.0. The number of pyridine rings is 2. The van der Waals surface area contributed by atoms with Crippen molar-refractivity contribution in [3.05, 3.63) is 91.1 Å². The fraction of sp³-hybridized carbons (Fsp3) is 0.161. The molecule has 1 fully saturated rings. The molecule has 0 unspecified atom stereocenters. The lowest BCUT2D eigenvalue weighted by Gasteiger charge is -2.27. The molecule has 198 valence electrons. The van der Waals surface area contributed by atoms with Crippen LogP contribution in [0, 0.1) is 5.82 Å². The zero-order chi connectivity index (χ0) is 27.1. The number of fused-ring (bicyclic) bond motifs is 2. The lowest BCUT2D eigenvalue weighted by molar-refractivity contribution is 0.574. The first-order valence-corrected chi connectivity index (χ1v) is 13.4. The van der Waals surface area contributed by atoms with Crippen molar-refractivity contribution in [1.82, 2.24) is 30.1 Å². The summed E-state index contributed by atoms with van der Waals surface area (Å²) in [4.78, 5) is 19.6. The third-order valence-corrected chi connectivity index (χ3v) is 7.38. The Morgan fingerprint density at radius 2 is 1.82 bits per heavy atom. The van der Waals surface area contributed by atoms with Crippen LogP contribution in [0.4, 0.5) is 15.9 Å². The molecule has 9 heteroatoms. The van der Waals surface area contributed by atoms with Crippen LogP contribution in [0.5, 0.6) is 0 Å². The predicted molar refractivity (Wildman–Crippen MR) is 157 cm³/mol. The second-order valence-corrected chi connectivity index (χ2v) is 10.0. The molecular weight excluding hydrogens is 503 g/mol. The van der Waals surface area contributed by atoms with E-state index in [0.717, 1.165) is 59.4 Å². The van der Waals surface area contributed by atoms with Gasteiger partial charge in [-0.15, -0.1) is 0 Å². The van der Waals surface area contributed by atoms with Gasteiger partial charge >= 0.3 is 0 Å². The molecule has 1 saturated heterocycles. The minimum Gasteiger partial charge on any atom is -0.355 e. The molecule has 0 amide bonds. The Labute approximate surface area is 230 Å².